The van der Waals surface area contributed by atoms with Crippen molar-refractivity contribution in [3.63, 3.8) is 0 Å². The summed E-state index contributed by atoms with van der Waals surface area (Å²) in [6.07, 6.45) is -5.05. The molecule has 2 rings (SSSR count). The molecule has 1 atom stereocenters. The Balaban J connectivity index is 0.00000180. The van der Waals surface area contributed by atoms with E-state index in [1.54, 1.807) is 19.1 Å². The number of hydrogen-bond donors (Lipinski definition) is 1. The fraction of sp³-hybridized carbons (Fsp3) is 0.667. The van der Waals surface area contributed by atoms with Gasteiger partial charge >= 0.3 is 6.18 Å². The number of nitrogens with zero attached hydrogens (tertiary/aromatic N) is 1. The van der Waals surface area contributed by atoms with Gasteiger partial charge in [-0.3, -0.25) is 4.90 Å². The highest BCUT2D eigenvalue weighted by Crippen LogP contribution is 2.34. The average molecular weight is 335 g/mol. The van der Waals surface area contributed by atoms with Crippen LogP contribution in [-0.4, -0.2) is 37.3 Å². The van der Waals surface area contributed by atoms with E-state index in [4.69, 9.17) is 4.42 Å². The summed E-state index contributed by atoms with van der Waals surface area (Å²) in [7, 11) is 0. The maximum Gasteiger partial charge on any atom is 0.391 e. The van der Waals surface area contributed by atoms with Crippen molar-refractivity contribution in [1.29, 1.82) is 0 Å². The zero-order valence-corrected chi connectivity index (χ0v) is 12.7. The minimum Gasteiger partial charge on any atom is -0.465 e. The van der Waals surface area contributed by atoms with Crippen LogP contribution in [0.1, 0.15) is 24.0 Å². The van der Waals surface area contributed by atoms with Crippen LogP contribution < -0.4 is 5.32 Å². The lowest BCUT2D eigenvalue weighted by Crippen LogP contribution is -2.46. The molecule has 0 unspecified atom stereocenters. The number of piperazine rings is 1. The second-order valence-electron chi connectivity index (χ2n) is 4.57. The molecule has 0 amide bonds. The van der Waals surface area contributed by atoms with Crippen LogP contribution >= 0.6 is 24.8 Å². The van der Waals surface area contributed by atoms with Gasteiger partial charge in [0.1, 0.15) is 11.5 Å². The molecule has 0 spiro atoms. The second-order valence-corrected chi connectivity index (χ2v) is 4.57. The van der Waals surface area contributed by atoms with E-state index in [1.165, 1.54) is 0 Å². The van der Waals surface area contributed by atoms with Crippen molar-refractivity contribution in [2.24, 2.45) is 0 Å². The van der Waals surface area contributed by atoms with Crippen LogP contribution in [0, 0.1) is 6.92 Å². The van der Waals surface area contributed by atoms with Crippen molar-refractivity contribution in [3.8, 4) is 0 Å². The third-order valence-corrected chi connectivity index (χ3v) is 3.11. The molecular formula is C12H19Cl2F3N2O. The highest BCUT2D eigenvalue weighted by Gasteiger charge is 2.37. The Morgan fingerprint density at radius 3 is 2.30 bits per heavy atom. The molecular weight excluding hydrogens is 316 g/mol. The van der Waals surface area contributed by atoms with Gasteiger partial charge in [0.2, 0.25) is 0 Å². The molecule has 0 saturated carbocycles. The van der Waals surface area contributed by atoms with Crippen molar-refractivity contribution >= 4 is 24.8 Å². The smallest absolute Gasteiger partial charge is 0.391 e. The van der Waals surface area contributed by atoms with Crippen LogP contribution in [-0.2, 0) is 0 Å². The summed E-state index contributed by atoms with van der Waals surface area (Å²) >= 11 is 0. The largest absolute Gasteiger partial charge is 0.465 e. The number of aryl methyl sites for hydroxylation is 1. The minimum absolute atomic E-state index is 0. The summed E-state index contributed by atoms with van der Waals surface area (Å²) in [6.45, 7) is 4.40. The molecule has 1 aliphatic heterocycles. The lowest BCUT2D eigenvalue weighted by molar-refractivity contribution is -0.150. The molecule has 118 valence electrons. The summed E-state index contributed by atoms with van der Waals surface area (Å²) in [4.78, 5) is 1.84. The Hall–Kier alpha value is -0.430. The second kappa shape index (κ2) is 8.12. The summed E-state index contributed by atoms with van der Waals surface area (Å²) in [5, 5.41) is 3.14. The molecule has 0 bridgehead atoms. The molecule has 0 aliphatic carbocycles. The van der Waals surface area contributed by atoms with Crippen LogP contribution in [0.15, 0.2) is 16.5 Å². The maximum absolute atomic E-state index is 12.7. The monoisotopic (exact) mass is 334 g/mol. The summed E-state index contributed by atoms with van der Waals surface area (Å²) < 4.78 is 43.4. The van der Waals surface area contributed by atoms with E-state index in [0.29, 0.717) is 37.7 Å². The van der Waals surface area contributed by atoms with Gasteiger partial charge in [-0.25, -0.2) is 0 Å². The van der Waals surface area contributed by atoms with Gasteiger partial charge in [0.05, 0.1) is 12.5 Å². The summed E-state index contributed by atoms with van der Waals surface area (Å²) in [5.41, 5.74) is 0. The molecule has 20 heavy (non-hydrogen) atoms. The molecule has 1 aliphatic rings. The Morgan fingerprint density at radius 2 is 1.85 bits per heavy atom. The highest BCUT2D eigenvalue weighted by molar-refractivity contribution is 5.85. The zero-order chi connectivity index (χ0) is 13.2. The van der Waals surface area contributed by atoms with Crippen LogP contribution in [0.4, 0.5) is 13.2 Å². The predicted molar refractivity (Wildman–Crippen MR) is 75.8 cm³/mol. The molecule has 1 fully saturated rings. The van der Waals surface area contributed by atoms with Crippen molar-refractivity contribution < 1.29 is 17.6 Å². The summed E-state index contributed by atoms with van der Waals surface area (Å²) in [6, 6.07) is 2.65. The van der Waals surface area contributed by atoms with Gasteiger partial charge in [0.15, 0.2) is 0 Å². The first-order chi connectivity index (χ1) is 8.46. The topological polar surface area (TPSA) is 28.4 Å². The van der Waals surface area contributed by atoms with E-state index in [9.17, 15) is 13.2 Å². The highest BCUT2D eigenvalue weighted by atomic mass is 35.5. The number of alkyl halides is 3. The number of nitrogens with one attached hydrogen (secondary N) is 1. The van der Waals surface area contributed by atoms with Gasteiger partial charge < -0.3 is 9.73 Å². The van der Waals surface area contributed by atoms with Gasteiger partial charge in [0.25, 0.3) is 0 Å². The van der Waals surface area contributed by atoms with Gasteiger partial charge in [-0.2, -0.15) is 13.2 Å². The maximum atomic E-state index is 12.7. The lowest BCUT2D eigenvalue weighted by atomic mass is 10.1. The third-order valence-electron chi connectivity index (χ3n) is 3.11. The van der Waals surface area contributed by atoms with Crippen LogP contribution in [0.2, 0.25) is 0 Å². The molecule has 0 aromatic carbocycles. The van der Waals surface area contributed by atoms with Gasteiger partial charge in [-0.1, -0.05) is 0 Å². The van der Waals surface area contributed by atoms with Crippen molar-refractivity contribution in [3.05, 3.63) is 23.7 Å². The number of hydrogen-bond acceptors (Lipinski definition) is 3. The fourth-order valence-corrected chi connectivity index (χ4v) is 2.26. The third kappa shape index (κ3) is 5.52. The average Bonchev–Trinajstić information content (AvgIpc) is 2.73. The molecule has 1 aromatic rings. The molecule has 1 N–H and O–H groups in total. The fourth-order valence-electron chi connectivity index (χ4n) is 2.26. The van der Waals surface area contributed by atoms with E-state index in [-0.39, 0.29) is 24.8 Å². The van der Waals surface area contributed by atoms with Crippen molar-refractivity contribution in [1.82, 2.24) is 10.2 Å². The SMILES string of the molecule is Cc1ccc([C@@H](CC(F)(F)F)N2CCNCC2)o1.Cl.Cl. The van der Waals surface area contributed by atoms with E-state index in [0.717, 1.165) is 0 Å². The standard InChI is InChI=1S/C12H17F3N2O.2ClH/c1-9-2-3-11(18-9)10(8-12(13,14)15)17-6-4-16-5-7-17;;/h2-3,10,16H,4-8H2,1H3;2*1H/t10-;;/m1../s1. The normalized spacial score (nSPS) is 18.0. The lowest BCUT2D eigenvalue weighted by Gasteiger charge is -2.34. The van der Waals surface area contributed by atoms with E-state index in [2.05, 4.69) is 5.32 Å². The molecule has 0 radical (unpaired) electrons. The van der Waals surface area contributed by atoms with Crippen molar-refractivity contribution in [2.75, 3.05) is 26.2 Å². The quantitative estimate of drug-likeness (QED) is 0.919. The number of rotatable bonds is 3. The molecule has 3 nitrogen and oxygen atoms in total. The van der Waals surface area contributed by atoms with E-state index < -0.39 is 18.6 Å². The Labute approximate surface area is 128 Å². The minimum atomic E-state index is -4.18. The van der Waals surface area contributed by atoms with Gasteiger partial charge in [-0.05, 0) is 19.1 Å². The van der Waals surface area contributed by atoms with Crippen LogP contribution in [0.5, 0.6) is 0 Å². The number of halogens is 5. The van der Waals surface area contributed by atoms with Gasteiger partial charge in [0, 0.05) is 26.2 Å². The predicted octanol–water partition coefficient (Wildman–Crippen LogP) is 3.33. The molecule has 1 saturated heterocycles. The van der Waals surface area contributed by atoms with E-state index >= 15 is 0 Å². The molecule has 2 heterocycles. The molecule has 1 aromatic heterocycles. The number of furan rings is 1. The Bertz CT molecular complexity index is 392. The zero-order valence-electron chi connectivity index (χ0n) is 11.1. The first-order valence-electron chi connectivity index (χ1n) is 6.03. The summed E-state index contributed by atoms with van der Waals surface area (Å²) in [5.74, 6) is 1.05. The van der Waals surface area contributed by atoms with E-state index in [1.807, 2.05) is 4.90 Å². The van der Waals surface area contributed by atoms with Crippen LogP contribution in [0.25, 0.3) is 0 Å². The molecule has 8 heteroatoms. The first-order valence-corrected chi connectivity index (χ1v) is 6.03. The van der Waals surface area contributed by atoms with Crippen LogP contribution in [0.3, 0.4) is 0 Å². The van der Waals surface area contributed by atoms with Gasteiger partial charge in [-0.15, -0.1) is 24.8 Å². The Kier molecular flexibility index (Phi) is 7.95. The first kappa shape index (κ1) is 19.6. The van der Waals surface area contributed by atoms with Crippen molar-refractivity contribution in [2.45, 2.75) is 25.6 Å². The Morgan fingerprint density at radius 1 is 1.25 bits per heavy atom.